The summed E-state index contributed by atoms with van der Waals surface area (Å²) in [5.74, 6) is -0.260. The van der Waals surface area contributed by atoms with Crippen molar-refractivity contribution < 1.29 is 0 Å². The molecule has 5 heteroatoms. The largest absolute Gasteiger partial charge is 0.276 e. The van der Waals surface area contributed by atoms with Crippen LogP contribution in [0.25, 0.3) is 0 Å². The van der Waals surface area contributed by atoms with Crippen LogP contribution in [0, 0.1) is 10.3 Å². The van der Waals surface area contributed by atoms with Crippen molar-refractivity contribution in [1.82, 2.24) is 3.11 Å². The number of guanidine groups is 1. The number of benzene rings is 1. The molecule has 1 N–H and O–H groups in total. The van der Waals surface area contributed by atoms with Crippen LogP contribution in [-0.2, 0) is 6.54 Å². The number of nitroso groups, excluding NO2 is 1. The molecule has 0 aliphatic rings. The Morgan fingerprint density at radius 3 is 2.62 bits per heavy atom. The van der Waals surface area contributed by atoms with E-state index in [9.17, 15) is 4.91 Å². The summed E-state index contributed by atoms with van der Waals surface area (Å²) < 4.78 is 1.46. The highest BCUT2D eigenvalue weighted by Crippen LogP contribution is 2.09. The highest BCUT2D eigenvalue weighted by atomic mass is 127. The van der Waals surface area contributed by atoms with E-state index in [-0.39, 0.29) is 5.96 Å². The Balaban J connectivity index is 2.60. The van der Waals surface area contributed by atoms with Gasteiger partial charge in [0, 0.05) is 5.18 Å². The molecule has 0 heterocycles. The van der Waals surface area contributed by atoms with Crippen LogP contribution in [0.5, 0.6) is 0 Å². The highest BCUT2D eigenvalue weighted by molar-refractivity contribution is 14.1. The minimum absolute atomic E-state index is 0.260. The van der Waals surface area contributed by atoms with Gasteiger partial charge in [0.25, 0.3) is 5.96 Å². The lowest BCUT2D eigenvalue weighted by Gasteiger charge is -2.11. The molecule has 1 aromatic rings. The summed E-state index contributed by atoms with van der Waals surface area (Å²) in [6.45, 7) is 0.520. The van der Waals surface area contributed by atoms with Gasteiger partial charge in [-0.05, 0) is 5.56 Å². The van der Waals surface area contributed by atoms with Crippen LogP contribution >= 0.6 is 22.9 Å². The lowest BCUT2D eigenvalue weighted by molar-refractivity contribution is 0.703. The first-order valence-electron chi connectivity index (χ1n) is 3.63. The molecule has 0 aromatic heterocycles. The van der Waals surface area contributed by atoms with E-state index in [2.05, 4.69) is 5.18 Å². The summed E-state index contributed by atoms with van der Waals surface area (Å²) in [5, 5.41) is 9.67. The highest BCUT2D eigenvalue weighted by Gasteiger charge is 2.05. The molecule has 0 fully saturated rings. The Morgan fingerprint density at radius 2 is 2.08 bits per heavy atom. The van der Waals surface area contributed by atoms with Crippen molar-refractivity contribution >= 4 is 28.8 Å². The summed E-state index contributed by atoms with van der Waals surface area (Å²) >= 11 is 1.89. The minimum Gasteiger partial charge on any atom is -0.276 e. The zero-order chi connectivity index (χ0) is 9.68. The van der Waals surface area contributed by atoms with Crippen LogP contribution in [0.4, 0.5) is 0 Å². The van der Waals surface area contributed by atoms with Gasteiger partial charge < -0.3 is 0 Å². The molecular weight excluding hydrogens is 281 g/mol. The first-order valence-corrected chi connectivity index (χ1v) is 4.59. The van der Waals surface area contributed by atoms with Crippen LogP contribution in [-0.4, -0.2) is 9.07 Å². The van der Waals surface area contributed by atoms with E-state index >= 15 is 0 Å². The summed E-state index contributed by atoms with van der Waals surface area (Å²) in [6, 6.07) is 9.62. The summed E-state index contributed by atoms with van der Waals surface area (Å²) in [6.07, 6.45) is 0. The third-order valence-corrected chi connectivity index (χ3v) is 2.28. The van der Waals surface area contributed by atoms with E-state index < -0.39 is 0 Å². The lowest BCUT2D eigenvalue weighted by Crippen LogP contribution is -2.16. The van der Waals surface area contributed by atoms with Crippen molar-refractivity contribution in [3.05, 3.63) is 40.8 Å². The van der Waals surface area contributed by atoms with Crippen LogP contribution in [0.2, 0.25) is 0 Å². The predicted octanol–water partition coefficient (Wildman–Crippen LogP) is 2.54. The molecule has 0 amide bonds. The molecule has 0 atom stereocenters. The fraction of sp³-hybridized carbons (Fsp3) is 0.125. The first-order chi connectivity index (χ1) is 6.24. The molecule has 4 nitrogen and oxygen atoms in total. The zero-order valence-corrected chi connectivity index (χ0v) is 8.93. The Labute approximate surface area is 89.9 Å². The number of hydrogen-bond donors (Lipinski definition) is 1. The lowest BCUT2D eigenvalue weighted by atomic mass is 10.2. The van der Waals surface area contributed by atoms with E-state index in [1.165, 1.54) is 3.11 Å². The monoisotopic (exact) mass is 289 g/mol. The average molecular weight is 289 g/mol. The SMILES string of the molecule is N=C(N=O)N(I)Cc1ccccc1. The quantitative estimate of drug-likeness (QED) is 0.299. The average Bonchev–Trinajstić information content (AvgIpc) is 2.18. The smallest absolute Gasteiger partial charge is 0.269 e. The van der Waals surface area contributed by atoms with Crippen molar-refractivity contribution in [2.45, 2.75) is 6.54 Å². The molecule has 0 saturated heterocycles. The van der Waals surface area contributed by atoms with Gasteiger partial charge in [-0.25, -0.2) is 0 Å². The zero-order valence-electron chi connectivity index (χ0n) is 6.77. The topological polar surface area (TPSA) is 56.5 Å². The normalized spacial score (nSPS) is 9.31. The third kappa shape index (κ3) is 3.10. The maximum absolute atomic E-state index is 10.0. The molecular formula is C8H8IN3O. The van der Waals surface area contributed by atoms with E-state index in [0.29, 0.717) is 6.54 Å². The maximum Gasteiger partial charge on any atom is 0.269 e. The molecule has 0 unspecified atom stereocenters. The van der Waals surface area contributed by atoms with Gasteiger partial charge in [-0.1, -0.05) is 30.3 Å². The van der Waals surface area contributed by atoms with Gasteiger partial charge >= 0.3 is 0 Å². The van der Waals surface area contributed by atoms with Crippen molar-refractivity contribution in [3.63, 3.8) is 0 Å². The van der Waals surface area contributed by atoms with Crippen LogP contribution < -0.4 is 0 Å². The molecule has 0 radical (unpaired) electrons. The standard InChI is InChI=1S/C8H8IN3O/c9-12(8(10)11-13)6-7-4-2-1-3-5-7/h1-5,10H,6H2. The molecule has 68 valence electrons. The molecule has 0 aliphatic carbocycles. The van der Waals surface area contributed by atoms with Gasteiger partial charge in [0.15, 0.2) is 0 Å². The van der Waals surface area contributed by atoms with Gasteiger partial charge in [-0.3, -0.25) is 8.52 Å². The van der Waals surface area contributed by atoms with E-state index in [1.54, 1.807) is 0 Å². The molecule has 0 saturated carbocycles. The second kappa shape index (κ2) is 4.90. The number of hydrogen-bond acceptors (Lipinski definition) is 2. The Morgan fingerprint density at radius 1 is 1.46 bits per heavy atom. The van der Waals surface area contributed by atoms with E-state index in [1.807, 2.05) is 53.2 Å². The molecule has 1 aromatic carbocycles. The van der Waals surface area contributed by atoms with E-state index in [4.69, 9.17) is 5.41 Å². The minimum atomic E-state index is -0.260. The fourth-order valence-electron chi connectivity index (χ4n) is 0.863. The molecule has 0 spiro atoms. The number of rotatable bonds is 2. The van der Waals surface area contributed by atoms with Crippen molar-refractivity contribution in [2.24, 2.45) is 5.18 Å². The van der Waals surface area contributed by atoms with Crippen molar-refractivity contribution in [1.29, 1.82) is 5.41 Å². The predicted molar refractivity (Wildman–Crippen MR) is 59.5 cm³/mol. The Hall–Kier alpha value is -0.980. The molecule has 0 bridgehead atoms. The molecule has 0 aliphatic heterocycles. The van der Waals surface area contributed by atoms with Gasteiger partial charge in [0.05, 0.1) is 29.4 Å². The molecule has 13 heavy (non-hydrogen) atoms. The number of nitrogens with zero attached hydrogens (tertiary/aromatic N) is 2. The number of halogens is 1. The maximum atomic E-state index is 10.0. The fourth-order valence-corrected chi connectivity index (χ4v) is 1.34. The van der Waals surface area contributed by atoms with Crippen molar-refractivity contribution in [2.75, 3.05) is 0 Å². The second-order valence-corrected chi connectivity index (χ2v) is 3.59. The van der Waals surface area contributed by atoms with Gasteiger partial charge in [-0.2, -0.15) is 0 Å². The Bertz CT molecular complexity index is 302. The third-order valence-electron chi connectivity index (χ3n) is 1.48. The van der Waals surface area contributed by atoms with Gasteiger partial charge in [0.2, 0.25) is 0 Å². The molecule has 1 rings (SSSR count). The first kappa shape index (κ1) is 10.1. The summed E-state index contributed by atoms with van der Waals surface area (Å²) in [7, 11) is 0. The number of nitrogens with one attached hydrogen (secondary N) is 1. The summed E-state index contributed by atoms with van der Waals surface area (Å²) in [5.41, 5.74) is 1.05. The van der Waals surface area contributed by atoms with E-state index in [0.717, 1.165) is 5.56 Å². The van der Waals surface area contributed by atoms with Crippen LogP contribution in [0.1, 0.15) is 5.56 Å². The van der Waals surface area contributed by atoms with Gasteiger partial charge in [-0.15, -0.1) is 4.91 Å². The van der Waals surface area contributed by atoms with Crippen LogP contribution in [0.3, 0.4) is 0 Å². The van der Waals surface area contributed by atoms with Gasteiger partial charge in [0.1, 0.15) is 0 Å². The summed E-state index contributed by atoms with van der Waals surface area (Å²) in [4.78, 5) is 10.0. The Kier molecular flexibility index (Phi) is 3.81. The van der Waals surface area contributed by atoms with Crippen molar-refractivity contribution in [3.8, 4) is 0 Å². The second-order valence-electron chi connectivity index (χ2n) is 2.42. The van der Waals surface area contributed by atoms with Crippen LogP contribution in [0.15, 0.2) is 35.5 Å².